The highest BCUT2D eigenvalue weighted by atomic mass is 32.2. The van der Waals surface area contributed by atoms with E-state index >= 15 is 0 Å². The van der Waals surface area contributed by atoms with Crippen LogP contribution in [0.4, 0.5) is 0 Å². The lowest BCUT2D eigenvalue weighted by molar-refractivity contribution is 0.0990. The molecule has 60 valence electrons. The molecule has 0 aromatic carbocycles. The molecule has 1 fully saturated rings. The highest BCUT2D eigenvalue weighted by molar-refractivity contribution is 7.92. The SMILES string of the molecule is CS(=N)(=O)C1CCOCC1. The van der Waals surface area contributed by atoms with Gasteiger partial charge in [0.1, 0.15) is 0 Å². The Kier molecular flexibility index (Phi) is 2.31. The maximum atomic E-state index is 11.2. The van der Waals surface area contributed by atoms with E-state index in [1.807, 2.05) is 0 Å². The number of ether oxygens (including phenoxy) is 1. The van der Waals surface area contributed by atoms with Crippen molar-refractivity contribution in [3.8, 4) is 0 Å². The number of hydrogen-bond donors (Lipinski definition) is 1. The molecule has 0 aromatic rings. The second-order valence-electron chi connectivity index (χ2n) is 2.72. The van der Waals surface area contributed by atoms with E-state index in [-0.39, 0.29) is 5.25 Å². The van der Waals surface area contributed by atoms with E-state index in [4.69, 9.17) is 9.52 Å². The van der Waals surface area contributed by atoms with Crippen molar-refractivity contribution in [2.24, 2.45) is 0 Å². The first-order valence-electron chi connectivity index (χ1n) is 3.41. The molecule has 1 aliphatic heterocycles. The Morgan fingerprint density at radius 1 is 1.50 bits per heavy atom. The lowest BCUT2D eigenvalue weighted by atomic mass is 10.2. The summed E-state index contributed by atoms with van der Waals surface area (Å²) in [7, 11) is -2.31. The lowest BCUT2D eigenvalue weighted by Gasteiger charge is -2.21. The van der Waals surface area contributed by atoms with Crippen LogP contribution in [0.5, 0.6) is 0 Å². The van der Waals surface area contributed by atoms with Crippen LogP contribution in [-0.4, -0.2) is 28.9 Å². The van der Waals surface area contributed by atoms with Crippen LogP contribution in [0.15, 0.2) is 0 Å². The van der Waals surface area contributed by atoms with Gasteiger partial charge >= 0.3 is 0 Å². The van der Waals surface area contributed by atoms with Crippen molar-refractivity contribution in [3.63, 3.8) is 0 Å². The van der Waals surface area contributed by atoms with Crippen molar-refractivity contribution in [1.29, 1.82) is 4.78 Å². The molecule has 0 spiro atoms. The molecule has 1 aliphatic rings. The molecule has 0 amide bonds. The average molecular weight is 163 g/mol. The summed E-state index contributed by atoms with van der Waals surface area (Å²) >= 11 is 0. The molecule has 1 saturated heterocycles. The van der Waals surface area contributed by atoms with Gasteiger partial charge in [-0.2, -0.15) is 0 Å². The standard InChI is InChI=1S/C6H13NO2S/c1-10(7,8)6-2-4-9-5-3-6/h6-7H,2-5H2,1H3. The molecule has 1 atom stereocenters. The topological polar surface area (TPSA) is 50.2 Å². The zero-order chi connectivity index (χ0) is 7.61. The van der Waals surface area contributed by atoms with Crippen LogP contribution in [0.1, 0.15) is 12.8 Å². The van der Waals surface area contributed by atoms with Crippen LogP contribution in [0, 0.1) is 4.78 Å². The van der Waals surface area contributed by atoms with Crippen molar-refractivity contribution in [3.05, 3.63) is 0 Å². The summed E-state index contributed by atoms with van der Waals surface area (Å²) in [5.41, 5.74) is 0. The zero-order valence-corrected chi connectivity index (χ0v) is 6.95. The third-order valence-corrected chi connectivity index (χ3v) is 3.55. The first-order valence-corrected chi connectivity index (χ1v) is 5.44. The van der Waals surface area contributed by atoms with Gasteiger partial charge in [0, 0.05) is 34.4 Å². The quantitative estimate of drug-likeness (QED) is 0.622. The Morgan fingerprint density at radius 3 is 2.30 bits per heavy atom. The highest BCUT2D eigenvalue weighted by Gasteiger charge is 2.20. The Balaban J connectivity index is 2.56. The molecular weight excluding hydrogens is 150 g/mol. The summed E-state index contributed by atoms with van der Waals surface area (Å²) in [6.45, 7) is 1.35. The first-order chi connectivity index (χ1) is 4.61. The molecule has 0 aromatic heterocycles. The monoisotopic (exact) mass is 163 g/mol. The normalized spacial score (nSPS) is 27.7. The average Bonchev–Trinajstić information content (AvgIpc) is 1.88. The predicted octanol–water partition coefficient (Wildman–Crippen LogP) is 0.842. The van der Waals surface area contributed by atoms with Crippen molar-refractivity contribution >= 4 is 9.73 Å². The Labute approximate surface area is 61.7 Å². The molecule has 1 N–H and O–H groups in total. The minimum absolute atomic E-state index is 0.0706. The molecule has 0 bridgehead atoms. The zero-order valence-electron chi connectivity index (χ0n) is 6.13. The van der Waals surface area contributed by atoms with E-state index in [1.54, 1.807) is 0 Å². The van der Waals surface area contributed by atoms with Gasteiger partial charge in [0.25, 0.3) is 0 Å². The van der Waals surface area contributed by atoms with Gasteiger partial charge in [-0.3, -0.25) is 4.78 Å². The maximum Gasteiger partial charge on any atom is 0.0477 e. The minimum Gasteiger partial charge on any atom is -0.381 e. The largest absolute Gasteiger partial charge is 0.381 e. The second kappa shape index (κ2) is 2.88. The van der Waals surface area contributed by atoms with E-state index in [0.29, 0.717) is 13.2 Å². The van der Waals surface area contributed by atoms with Gasteiger partial charge in [0.2, 0.25) is 0 Å². The molecule has 1 unspecified atom stereocenters. The lowest BCUT2D eigenvalue weighted by Crippen LogP contribution is -2.26. The number of hydrogen-bond acceptors (Lipinski definition) is 3. The van der Waals surface area contributed by atoms with E-state index in [9.17, 15) is 4.21 Å². The van der Waals surface area contributed by atoms with E-state index in [1.165, 1.54) is 6.26 Å². The first kappa shape index (κ1) is 8.01. The molecule has 0 aliphatic carbocycles. The fraction of sp³-hybridized carbons (Fsp3) is 1.00. The molecule has 0 radical (unpaired) electrons. The fourth-order valence-electron chi connectivity index (χ4n) is 1.13. The molecule has 1 rings (SSSR count). The van der Waals surface area contributed by atoms with Crippen molar-refractivity contribution in [2.75, 3.05) is 19.5 Å². The molecule has 4 heteroatoms. The van der Waals surface area contributed by atoms with E-state index in [0.717, 1.165) is 12.8 Å². The molecule has 3 nitrogen and oxygen atoms in total. The highest BCUT2D eigenvalue weighted by Crippen LogP contribution is 2.14. The van der Waals surface area contributed by atoms with Gasteiger partial charge in [-0.05, 0) is 12.8 Å². The summed E-state index contributed by atoms with van der Waals surface area (Å²) in [6.07, 6.45) is 3.10. The van der Waals surface area contributed by atoms with Gasteiger partial charge in [0.15, 0.2) is 0 Å². The van der Waals surface area contributed by atoms with Gasteiger partial charge < -0.3 is 4.74 Å². The predicted molar refractivity (Wildman–Crippen MR) is 40.6 cm³/mol. The molecule has 1 heterocycles. The fourth-order valence-corrected chi connectivity index (χ4v) is 2.22. The Hall–Kier alpha value is -0.0900. The molecular formula is C6H13NO2S. The van der Waals surface area contributed by atoms with Crippen LogP contribution in [0.25, 0.3) is 0 Å². The van der Waals surface area contributed by atoms with Crippen molar-refractivity contribution < 1.29 is 8.95 Å². The number of rotatable bonds is 1. The van der Waals surface area contributed by atoms with Gasteiger partial charge in [0.05, 0.1) is 0 Å². The van der Waals surface area contributed by atoms with Crippen molar-refractivity contribution in [2.45, 2.75) is 18.1 Å². The third-order valence-electron chi connectivity index (χ3n) is 1.80. The summed E-state index contributed by atoms with van der Waals surface area (Å²) in [4.78, 5) is 0. The minimum atomic E-state index is -2.31. The number of nitrogens with one attached hydrogen (secondary N) is 1. The summed E-state index contributed by atoms with van der Waals surface area (Å²) in [5, 5.41) is 0.0706. The van der Waals surface area contributed by atoms with E-state index in [2.05, 4.69) is 0 Å². The maximum absolute atomic E-state index is 11.2. The van der Waals surface area contributed by atoms with Crippen LogP contribution in [-0.2, 0) is 14.5 Å². The Bertz CT molecular complexity index is 192. The second-order valence-corrected chi connectivity index (χ2v) is 5.19. The van der Waals surface area contributed by atoms with Crippen LogP contribution in [0.3, 0.4) is 0 Å². The van der Waals surface area contributed by atoms with Gasteiger partial charge in [-0.15, -0.1) is 0 Å². The smallest absolute Gasteiger partial charge is 0.0477 e. The van der Waals surface area contributed by atoms with Gasteiger partial charge in [-0.25, -0.2) is 4.21 Å². The molecule has 0 saturated carbocycles. The summed E-state index contributed by atoms with van der Waals surface area (Å²) in [5.74, 6) is 0. The van der Waals surface area contributed by atoms with Crippen LogP contribution < -0.4 is 0 Å². The summed E-state index contributed by atoms with van der Waals surface area (Å²) < 4.78 is 23.5. The van der Waals surface area contributed by atoms with Gasteiger partial charge in [-0.1, -0.05) is 0 Å². The van der Waals surface area contributed by atoms with E-state index < -0.39 is 9.73 Å². The van der Waals surface area contributed by atoms with Crippen molar-refractivity contribution in [1.82, 2.24) is 0 Å². The van der Waals surface area contributed by atoms with Crippen LogP contribution >= 0.6 is 0 Å². The summed E-state index contributed by atoms with van der Waals surface area (Å²) in [6, 6.07) is 0. The molecule has 10 heavy (non-hydrogen) atoms. The Morgan fingerprint density at radius 2 is 2.00 bits per heavy atom. The third kappa shape index (κ3) is 1.95. The van der Waals surface area contributed by atoms with Crippen LogP contribution in [0.2, 0.25) is 0 Å².